The number of nitrogens with one attached hydrogen (secondary N) is 1. The molecule has 0 amide bonds. The van der Waals surface area contributed by atoms with E-state index in [2.05, 4.69) is 9.88 Å². The monoisotopic (exact) mass is 417 g/mol. The third-order valence-electron chi connectivity index (χ3n) is 5.40. The van der Waals surface area contributed by atoms with Gasteiger partial charge in [0.2, 0.25) is 0 Å². The van der Waals surface area contributed by atoms with Gasteiger partial charge in [-0.25, -0.2) is 0 Å². The van der Waals surface area contributed by atoms with Gasteiger partial charge in [0, 0.05) is 54.0 Å². The van der Waals surface area contributed by atoms with E-state index in [0.717, 1.165) is 40.9 Å². The van der Waals surface area contributed by atoms with E-state index in [1.807, 2.05) is 48.2 Å². The molecule has 1 aliphatic heterocycles. The molecular formula is C21H21Cl2N3O2. The quantitative estimate of drug-likeness (QED) is 0.643. The number of carboxylic acids is 1. The van der Waals surface area contributed by atoms with E-state index in [4.69, 9.17) is 23.2 Å². The van der Waals surface area contributed by atoms with Crippen molar-refractivity contribution in [2.75, 3.05) is 31.1 Å². The molecule has 7 heteroatoms. The smallest absolute Gasteiger partial charge is 0.325 e. The summed E-state index contributed by atoms with van der Waals surface area (Å²) in [4.78, 5) is 19.8. The Morgan fingerprint density at radius 3 is 2.46 bits per heavy atom. The Bertz CT molecular complexity index is 1030. The van der Waals surface area contributed by atoms with Crippen LogP contribution >= 0.6 is 23.2 Å². The van der Waals surface area contributed by atoms with Crippen LogP contribution in [-0.4, -0.2) is 47.1 Å². The number of hydrogen-bond acceptors (Lipinski definition) is 3. The molecule has 1 fully saturated rings. The van der Waals surface area contributed by atoms with Crippen LogP contribution in [0.5, 0.6) is 0 Å². The number of benzene rings is 2. The lowest BCUT2D eigenvalue weighted by molar-refractivity contribution is -0.143. The maximum atomic E-state index is 12.2. The van der Waals surface area contributed by atoms with Gasteiger partial charge in [-0.05, 0) is 31.2 Å². The van der Waals surface area contributed by atoms with Crippen LogP contribution in [0.15, 0.2) is 42.5 Å². The van der Waals surface area contributed by atoms with Crippen LogP contribution in [0.25, 0.3) is 10.9 Å². The molecule has 0 bridgehead atoms. The Kier molecular flexibility index (Phi) is 5.23. The van der Waals surface area contributed by atoms with E-state index in [0.29, 0.717) is 23.1 Å². The molecule has 0 aliphatic carbocycles. The predicted octanol–water partition coefficient (Wildman–Crippen LogP) is 4.73. The van der Waals surface area contributed by atoms with E-state index in [9.17, 15) is 9.90 Å². The van der Waals surface area contributed by atoms with E-state index in [1.54, 1.807) is 6.07 Å². The first-order valence-corrected chi connectivity index (χ1v) is 9.95. The first-order valence-electron chi connectivity index (χ1n) is 9.20. The molecule has 2 aromatic carbocycles. The van der Waals surface area contributed by atoms with Gasteiger partial charge in [-0.1, -0.05) is 41.4 Å². The van der Waals surface area contributed by atoms with Gasteiger partial charge < -0.3 is 15.0 Å². The van der Waals surface area contributed by atoms with Gasteiger partial charge in [0.1, 0.15) is 6.04 Å². The lowest BCUT2D eigenvalue weighted by atomic mass is 10.0. The van der Waals surface area contributed by atoms with E-state index >= 15 is 0 Å². The maximum Gasteiger partial charge on any atom is 0.325 e. The number of carbonyl (C=O) groups is 1. The topological polar surface area (TPSA) is 59.6 Å². The van der Waals surface area contributed by atoms with Crippen LogP contribution in [0.2, 0.25) is 10.0 Å². The highest BCUT2D eigenvalue weighted by molar-refractivity contribution is 6.42. The van der Waals surface area contributed by atoms with Crippen molar-refractivity contribution in [1.82, 2.24) is 9.88 Å². The van der Waals surface area contributed by atoms with Crippen molar-refractivity contribution < 1.29 is 9.90 Å². The number of fused-ring (bicyclic) bond motifs is 1. The molecule has 146 valence electrons. The number of rotatable bonds is 4. The second kappa shape index (κ2) is 7.66. The van der Waals surface area contributed by atoms with Crippen LogP contribution in [0.1, 0.15) is 17.3 Å². The third-order valence-corrected chi connectivity index (χ3v) is 6.14. The number of H-pyrrole nitrogens is 1. The summed E-state index contributed by atoms with van der Waals surface area (Å²) in [5, 5.41) is 12.1. The van der Waals surface area contributed by atoms with Crippen molar-refractivity contribution in [1.29, 1.82) is 0 Å². The highest BCUT2D eigenvalue weighted by Crippen LogP contribution is 2.33. The first-order chi connectivity index (χ1) is 13.5. The summed E-state index contributed by atoms with van der Waals surface area (Å²) < 4.78 is 0. The molecule has 0 saturated carbocycles. The molecule has 1 atom stereocenters. The average molecular weight is 418 g/mol. The number of aryl methyl sites for hydroxylation is 1. The summed E-state index contributed by atoms with van der Waals surface area (Å²) in [5.41, 5.74) is 3.73. The molecule has 28 heavy (non-hydrogen) atoms. The largest absolute Gasteiger partial charge is 0.480 e. The van der Waals surface area contributed by atoms with E-state index in [1.165, 1.54) is 0 Å². The average Bonchev–Trinajstić information content (AvgIpc) is 3.01. The third kappa shape index (κ3) is 3.46. The number of hydrogen-bond donors (Lipinski definition) is 2. The lowest BCUT2D eigenvalue weighted by Gasteiger charge is -2.39. The predicted molar refractivity (Wildman–Crippen MR) is 114 cm³/mol. The van der Waals surface area contributed by atoms with Gasteiger partial charge in [-0.2, -0.15) is 0 Å². The maximum absolute atomic E-state index is 12.2. The number of halogens is 2. The van der Waals surface area contributed by atoms with Crippen molar-refractivity contribution in [3.8, 4) is 0 Å². The van der Waals surface area contributed by atoms with Gasteiger partial charge in [-0.15, -0.1) is 0 Å². The highest BCUT2D eigenvalue weighted by atomic mass is 35.5. The fourth-order valence-electron chi connectivity index (χ4n) is 4.03. The minimum absolute atomic E-state index is 0.527. The van der Waals surface area contributed by atoms with E-state index < -0.39 is 12.0 Å². The van der Waals surface area contributed by atoms with Crippen LogP contribution < -0.4 is 4.90 Å². The molecule has 0 unspecified atom stereocenters. The number of carboxylic acid groups (broad SMARTS) is 1. The summed E-state index contributed by atoms with van der Waals surface area (Å²) in [7, 11) is 0. The molecule has 1 aromatic heterocycles. The second-order valence-corrected chi connectivity index (χ2v) is 7.89. The number of aliphatic carboxylic acids is 1. The summed E-state index contributed by atoms with van der Waals surface area (Å²) in [6, 6.07) is 12.8. The van der Waals surface area contributed by atoms with Gasteiger partial charge in [0.05, 0.1) is 10.0 Å². The van der Waals surface area contributed by atoms with Crippen molar-refractivity contribution in [2.45, 2.75) is 13.0 Å². The zero-order valence-corrected chi connectivity index (χ0v) is 17.0. The zero-order chi connectivity index (χ0) is 19.8. The van der Waals surface area contributed by atoms with Crippen molar-refractivity contribution in [3.05, 3.63) is 63.8 Å². The molecule has 4 rings (SSSR count). The number of aromatic nitrogens is 1. The van der Waals surface area contributed by atoms with Crippen LogP contribution in [0.3, 0.4) is 0 Å². The molecule has 5 nitrogen and oxygen atoms in total. The molecule has 2 heterocycles. The lowest BCUT2D eigenvalue weighted by Crippen LogP contribution is -2.49. The Morgan fingerprint density at radius 2 is 1.79 bits per heavy atom. The molecule has 1 saturated heterocycles. The molecule has 0 radical (unpaired) electrons. The Hall–Kier alpha value is -2.21. The number of aromatic amines is 1. The molecule has 2 N–H and O–H groups in total. The Morgan fingerprint density at radius 1 is 1.07 bits per heavy atom. The Balaban J connectivity index is 1.58. The number of anilines is 1. The van der Waals surface area contributed by atoms with E-state index in [-0.39, 0.29) is 0 Å². The SMILES string of the molecule is Cc1[nH]c2ccccc2c1[C@H](C(=O)O)N1CCN(c2ccc(Cl)c(Cl)c2)CC1. The van der Waals surface area contributed by atoms with Crippen LogP contribution in [0, 0.1) is 6.92 Å². The number of piperazine rings is 1. The second-order valence-electron chi connectivity index (χ2n) is 7.07. The van der Waals surface area contributed by atoms with Crippen molar-refractivity contribution in [2.24, 2.45) is 0 Å². The number of nitrogens with zero attached hydrogens (tertiary/aromatic N) is 2. The van der Waals surface area contributed by atoms with Gasteiger partial charge in [0.25, 0.3) is 0 Å². The minimum Gasteiger partial charge on any atom is -0.480 e. The van der Waals surface area contributed by atoms with Gasteiger partial charge >= 0.3 is 5.97 Å². The summed E-state index contributed by atoms with van der Waals surface area (Å²) in [6.45, 7) is 4.69. The molecule has 1 aliphatic rings. The van der Waals surface area contributed by atoms with Crippen molar-refractivity contribution in [3.63, 3.8) is 0 Å². The Labute approximate surface area is 173 Å². The summed E-state index contributed by atoms with van der Waals surface area (Å²) >= 11 is 12.2. The van der Waals surface area contributed by atoms with Crippen molar-refractivity contribution >= 4 is 45.8 Å². The summed E-state index contributed by atoms with van der Waals surface area (Å²) in [5.74, 6) is -0.823. The summed E-state index contributed by atoms with van der Waals surface area (Å²) in [6.07, 6.45) is 0. The van der Waals surface area contributed by atoms with Gasteiger partial charge in [0.15, 0.2) is 0 Å². The molecule has 0 spiro atoms. The standard InChI is InChI=1S/C21H21Cl2N3O2/c1-13-19(15-4-2-3-5-18(15)24-13)20(21(27)28)26-10-8-25(9-11-26)14-6-7-16(22)17(23)12-14/h2-7,12,20,24H,8-11H2,1H3,(H,27,28)/t20-/m1/s1. The fraction of sp³-hybridized carbons (Fsp3) is 0.286. The van der Waals surface area contributed by atoms with Crippen LogP contribution in [-0.2, 0) is 4.79 Å². The fourth-order valence-corrected chi connectivity index (χ4v) is 4.33. The minimum atomic E-state index is -0.823. The van der Waals surface area contributed by atoms with Gasteiger partial charge in [-0.3, -0.25) is 9.69 Å². The molecule has 3 aromatic rings. The highest BCUT2D eigenvalue weighted by Gasteiger charge is 2.33. The molecular weight excluding hydrogens is 397 g/mol. The normalized spacial score (nSPS) is 16.5. The van der Waals surface area contributed by atoms with Crippen LogP contribution in [0.4, 0.5) is 5.69 Å². The zero-order valence-electron chi connectivity index (χ0n) is 15.5. The first kappa shape index (κ1) is 19.1. The number of para-hydroxylation sites is 1.